The zero-order valence-corrected chi connectivity index (χ0v) is 19.9. The zero-order valence-electron chi connectivity index (χ0n) is 19.9. The number of ether oxygens (including phenoxy) is 2. The predicted molar refractivity (Wildman–Crippen MR) is 134 cm³/mol. The number of para-hydroxylation sites is 1. The summed E-state index contributed by atoms with van der Waals surface area (Å²) in [7, 11) is 0. The molecule has 0 radical (unpaired) electrons. The molecule has 35 heavy (non-hydrogen) atoms. The number of allylic oxidation sites excluding steroid dienone is 1. The summed E-state index contributed by atoms with van der Waals surface area (Å²) in [6.45, 7) is 6.20. The summed E-state index contributed by atoms with van der Waals surface area (Å²) >= 11 is 0. The predicted octanol–water partition coefficient (Wildman–Crippen LogP) is 3.46. The van der Waals surface area contributed by atoms with Crippen molar-refractivity contribution in [2.24, 2.45) is 0 Å². The van der Waals surface area contributed by atoms with E-state index in [0.717, 1.165) is 11.1 Å². The molecule has 8 nitrogen and oxygen atoms in total. The number of aromatic nitrogens is 2. The number of hydrogen-bond acceptors (Lipinski definition) is 7. The molecule has 180 valence electrons. The number of anilines is 2. The highest BCUT2D eigenvalue weighted by molar-refractivity contribution is 5.95. The van der Waals surface area contributed by atoms with Gasteiger partial charge in [0.05, 0.1) is 37.0 Å². The molecule has 0 amide bonds. The minimum absolute atomic E-state index is 0.266. The fraction of sp³-hybridized carbons (Fsp3) is 0.296. The van der Waals surface area contributed by atoms with Crippen molar-refractivity contribution in [3.63, 3.8) is 0 Å². The Hall–Kier alpha value is -3.91. The number of hydrogen-bond donors (Lipinski definition) is 1. The second-order valence-electron chi connectivity index (χ2n) is 8.48. The zero-order chi connectivity index (χ0) is 24.4. The van der Waals surface area contributed by atoms with Gasteiger partial charge in [-0.25, -0.2) is 14.2 Å². The maximum absolute atomic E-state index is 13.5. The Morgan fingerprint density at radius 3 is 2.40 bits per heavy atom. The number of fused-ring (bicyclic) bond motifs is 1. The average molecular weight is 473 g/mol. The van der Waals surface area contributed by atoms with E-state index in [2.05, 4.69) is 15.2 Å². The van der Waals surface area contributed by atoms with Gasteiger partial charge in [-0.1, -0.05) is 48.5 Å². The van der Waals surface area contributed by atoms with Crippen LogP contribution in [0.4, 0.5) is 11.6 Å². The molecule has 0 bridgehead atoms. The van der Waals surface area contributed by atoms with E-state index in [1.165, 1.54) is 0 Å². The van der Waals surface area contributed by atoms with Gasteiger partial charge >= 0.3 is 11.7 Å². The molecule has 1 atom stereocenters. The van der Waals surface area contributed by atoms with E-state index in [0.29, 0.717) is 54.9 Å². The second-order valence-corrected chi connectivity index (χ2v) is 8.48. The van der Waals surface area contributed by atoms with Crippen LogP contribution in [0.25, 0.3) is 5.69 Å². The maximum Gasteiger partial charge on any atom is 0.355 e. The fourth-order valence-corrected chi connectivity index (χ4v) is 4.81. The smallest absolute Gasteiger partial charge is 0.355 e. The summed E-state index contributed by atoms with van der Waals surface area (Å²) in [6, 6.07) is 19.2. The van der Waals surface area contributed by atoms with E-state index in [-0.39, 0.29) is 18.3 Å². The lowest BCUT2D eigenvalue weighted by Gasteiger charge is -2.36. The number of rotatable bonds is 5. The molecule has 1 unspecified atom stereocenters. The van der Waals surface area contributed by atoms with Gasteiger partial charge in [-0.15, -0.1) is 0 Å². The highest BCUT2D eigenvalue weighted by Gasteiger charge is 2.39. The molecule has 2 aliphatic rings. The van der Waals surface area contributed by atoms with Crippen LogP contribution in [-0.2, 0) is 14.3 Å². The minimum atomic E-state index is -0.465. The lowest BCUT2D eigenvalue weighted by atomic mass is 9.81. The van der Waals surface area contributed by atoms with Gasteiger partial charge < -0.3 is 19.7 Å². The molecular formula is C27H28N4O4. The average Bonchev–Trinajstić information content (AvgIpc) is 2.89. The highest BCUT2D eigenvalue weighted by Crippen LogP contribution is 2.46. The van der Waals surface area contributed by atoms with E-state index in [1.54, 1.807) is 11.5 Å². The van der Waals surface area contributed by atoms with Crippen molar-refractivity contribution in [2.75, 3.05) is 43.1 Å². The van der Waals surface area contributed by atoms with Crippen LogP contribution in [0.1, 0.15) is 30.9 Å². The summed E-state index contributed by atoms with van der Waals surface area (Å²) in [4.78, 5) is 33.4. The number of nitrogens with one attached hydrogen (secondary N) is 1. The van der Waals surface area contributed by atoms with E-state index < -0.39 is 5.92 Å². The van der Waals surface area contributed by atoms with Crippen molar-refractivity contribution in [1.29, 1.82) is 0 Å². The SMILES string of the molecule is CCOC(=O)C1=C(C)Nc2c(c(N3CCOCC3)nc(=O)n2-c2ccccc2)C1c1ccccc1. The van der Waals surface area contributed by atoms with Crippen molar-refractivity contribution >= 4 is 17.6 Å². The van der Waals surface area contributed by atoms with E-state index in [9.17, 15) is 9.59 Å². The first-order valence-corrected chi connectivity index (χ1v) is 11.8. The summed E-state index contributed by atoms with van der Waals surface area (Å²) in [5.74, 6) is 0.322. The van der Waals surface area contributed by atoms with Crippen molar-refractivity contribution in [2.45, 2.75) is 19.8 Å². The molecule has 8 heteroatoms. The largest absolute Gasteiger partial charge is 0.463 e. The number of nitrogens with zero attached hydrogens (tertiary/aromatic N) is 3. The molecule has 1 fully saturated rings. The van der Waals surface area contributed by atoms with Gasteiger partial charge in [0.2, 0.25) is 0 Å². The fourth-order valence-electron chi connectivity index (χ4n) is 4.81. The Labute approximate surface area is 203 Å². The second kappa shape index (κ2) is 9.76. The molecule has 0 spiro atoms. The normalized spacial score (nSPS) is 17.5. The Morgan fingerprint density at radius 1 is 1.09 bits per heavy atom. The molecule has 2 aromatic carbocycles. The Morgan fingerprint density at radius 2 is 1.74 bits per heavy atom. The molecule has 2 aliphatic heterocycles. The van der Waals surface area contributed by atoms with Gasteiger partial charge in [-0.3, -0.25) is 0 Å². The Kier molecular flexibility index (Phi) is 6.37. The Balaban J connectivity index is 1.83. The molecular weight excluding hydrogens is 444 g/mol. The molecule has 1 saturated heterocycles. The molecule has 1 N–H and O–H groups in total. The van der Waals surface area contributed by atoms with Crippen LogP contribution >= 0.6 is 0 Å². The number of esters is 1. The monoisotopic (exact) mass is 472 g/mol. The van der Waals surface area contributed by atoms with E-state index in [4.69, 9.17) is 9.47 Å². The van der Waals surface area contributed by atoms with Crippen molar-refractivity contribution in [3.8, 4) is 5.69 Å². The molecule has 3 heterocycles. The number of benzene rings is 2. The topological polar surface area (TPSA) is 85.7 Å². The van der Waals surface area contributed by atoms with Gasteiger partial charge in [-0.2, -0.15) is 4.98 Å². The molecule has 0 aliphatic carbocycles. The third-order valence-electron chi connectivity index (χ3n) is 6.35. The van der Waals surface area contributed by atoms with Crippen LogP contribution in [0.15, 0.2) is 76.7 Å². The number of carbonyl (C=O) groups excluding carboxylic acids is 1. The Bertz CT molecular complexity index is 1310. The first-order valence-electron chi connectivity index (χ1n) is 11.8. The first kappa shape index (κ1) is 22.9. The molecule has 0 saturated carbocycles. The van der Waals surface area contributed by atoms with Crippen LogP contribution in [0.5, 0.6) is 0 Å². The minimum Gasteiger partial charge on any atom is -0.463 e. The first-order chi connectivity index (χ1) is 17.1. The standard InChI is InChI=1S/C27H28N4O4/c1-3-35-26(32)21-18(2)28-25-23(22(21)19-10-6-4-7-11-19)24(30-14-16-34-17-15-30)29-27(33)31(25)20-12-8-5-9-13-20/h4-13,22,28H,3,14-17H2,1-2H3. The van der Waals surface area contributed by atoms with Gasteiger partial charge in [-0.05, 0) is 31.5 Å². The third-order valence-corrected chi connectivity index (χ3v) is 6.35. The third kappa shape index (κ3) is 4.21. The van der Waals surface area contributed by atoms with Gasteiger partial charge in [0.25, 0.3) is 0 Å². The van der Waals surface area contributed by atoms with Crippen molar-refractivity contribution in [3.05, 3.63) is 93.5 Å². The van der Waals surface area contributed by atoms with Crippen LogP contribution in [0, 0.1) is 0 Å². The van der Waals surface area contributed by atoms with Gasteiger partial charge in [0, 0.05) is 24.4 Å². The highest BCUT2D eigenvalue weighted by atomic mass is 16.5. The summed E-state index contributed by atoms with van der Waals surface area (Å²) in [6.07, 6.45) is 0. The molecule has 3 aromatic rings. The quantitative estimate of drug-likeness (QED) is 0.569. The lowest BCUT2D eigenvalue weighted by Crippen LogP contribution is -2.41. The van der Waals surface area contributed by atoms with Crippen molar-refractivity contribution < 1.29 is 14.3 Å². The van der Waals surface area contributed by atoms with Gasteiger partial charge in [0.15, 0.2) is 0 Å². The molecule has 5 rings (SSSR count). The summed E-state index contributed by atoms with van der Waals surface area (Å²) < 4.78 is 12.6. The summed E-state index contributed by atoms with van der Waals surface area (Å²) in [5, 5.41) is 3.38. The van der Waals surface area contributed by atoms with Gasteiger partial charge in [0.1, 0.15) is 11.6 Å². The number of carbonyl (C=O) groups is 1. The maximum atomic E-state index is 13.5. The van der Waals surface area contributed by atoms with Crippen LogP contribution < -0.4 is 15.9 Å². The van der Waals surface area contributed by atoms with Crippen LogP contribution in [-0.4, -0.2) is 48.4 Å². The van der Waals surface area contributed by atoms with E-state index >= 15 is 0 Å². The summed E-state index contributed by atoms with van der Waals surface area (Å²) in [5.41, 5.74) is 3.17. The van der Waals surface area contributed by atoms with Crippen LogP contribution in [0.3, 0.4) is 0 Å². The molecule has 1 aromatic heterocycles. The number of morpholine rings is 1. The van der Waals surface area contributed by atoms with Crippen molar-refractivity contribution in [1.82, 2.24) is 9.55 Å². The lowest BCUT2D eigenvalue weighted by molar-refractivity contribution is -0.138. The van der Waals surface area contributed by atoms with Crippen LogP contribution in [0.2, 0.25) is 0 Å². The van der Waals surface area contributed by atoms with E-state index in [1.807, 2.05) is 67.6 Å².